The van der Waals surface area contributed by atoms with Crippen LogP contribution in [-0.4, -0.2) is 5.78 Å². The summed E-state index contributed by atoms with van der Waals surface area (Å²) in [6.07, 6.45) is 1.31. The van der Waals surface area contributed by atoms with Gasteiger partial charge in [0.15, 0.2) is 11.6 Å². The first-order valence-electron chi connectivity index (χ1n) is 4.16. The van der Waals surface area contributed by atoms with Gasteiger partial charge in [-0.15, -0.1) is 0 Å². The van der Waals surface area contributed by atoms with Crippen molar-refractivity contribution in [3.05, 3.63) is 35.4 Å². The highest BCUT2D eigenvalue weighted by molar-refractivity contribution is 5.91. The van der Waals surface area contributed by atoms with E-state index in [1.165, 1.54) is 6.07 Å². The van der Waals surface area contributed by atoms with E-state index in [0.29, 0.717) is 12.0 Å². The number of Topliss-reactive ketones (excluding diaryl/α,β-unsaturated/α-hetero) is 1. The fraction of sp³-hybridized carbons (Fsp3) is 0.300. The lowest BCUT2D eigenvalue weighted by Gasteiger charge is -2.24. The minimum Gasteiger partial charge on any atom is -0.299 e. The quantitative estimate of drug-likeness (QED) is 0.651. The maximum absolute atomic E-state index is 12.7. The summed E-state index contributed by atoms with van der Waals surface area (Å²) in [5.74, 6) is -1.83. The van der Waals surface area contributed by atoms with Crippen LogP contribution >= 0.6 is 0 Å². The van der Waals surface area contributed by atoms with Crippen LogP contribution in [0.2, 0.25) is 0 Å². The minimum absolute atomic E-state index is 0.117. The van der Waals surface area contributed by atoms with Crippen molar-refractivity contribution in [1.82, 2.24) is 0 Å². The molecule has 13 heavy (non-hydrogen) atoms. The first kappa shape index (κ1) is 8.35. The summed E-state index contributed by atoms with van der Waals surface area (Å²) in [5, 5.41) is 0. The molecule has 0 unspecified atom stereocenters. The molecule has 1 saturated carbocycles. The van der Waals surface area contributed by atoms with E-state index in [0.717, 1.165) is 18.6 Å². The van der Waals surface area contributed by atoms with Gasteiger partial charge in [-0.05, 0) is 24.1 Å². The van der Waals surface area contributed by atoms with Crippen molar-refractivity contribution in [3.8, 4) is 0 Å². The SMILES string of the molecule is O=C1CC[C@H]1c1ccc(F)c(F)c1. The number of benzene rings is 1. The minimum atomic E-state index is -0.878. The Morgan fingerprint density at radius 1 is 1.23 bits per heavy atom. The molecule has 1 nitrogen and oxygen atoms in total. The molecule has 0 N–H and O–H groups in total. The number of carbonyl (C=O) groups excluding carboxylic acids is 1. The Kier molecular flexibility index (Phi) is 1.87. The van der Waals surface area contributed by atoms with Gasteiger partial charge in [-0.25, -0.2) is 8.78 Å². The first-order chi connectivity index (χ1) is 6.18. The van der Waals surface area contributed by atoms with Crippen LogP contribution in [0, 0.1) is 11.6 Å². The smallest absolute Gasteiger partial charge is 0.159 e. The van der Waals surface area contributed by atoms with E-state index in [2.05, 4.69) is 0 Å². The van der Waals surface area contributed by atoms with E-state index in [9.17, 15) is 13.6 Å². The lowest BCUT2D eigenvalue weighted by atomic mass is 9.79. The van der Waals surface area contributed by atoms with Crippen LogP contribution in [-0.2, 0) is 4.79 Å². The van der Waals surface area contributed by atoms with Gasteiger partial charge in [-0.3, -0.25) is 4.79 Å². The summed E-state index contributed by atoms with van der Waals surface area (Å²) in [7, 11) is 0. The van der Waals surface area contributed by atoms with Crippen LogP contribution in [0.5, 0.6) is 0 Å². The second kappa shape index (κ2) is 2.91. The number of rotatable bonds is 1. The van der Waals surface area contributed by atoms with Gasteiger partial charge in [0.2, 0.25) is 0 Å². The molecule has 0 spiro atoms. The molecule has 2 rings (SSSR count). The lowest BCUT2D eigenvalue weighted by Crippen LogP contribution is -2.23. The average molecular weight is 182 g/mol. The highest BCUT2D eigenvalue weighted by atomic mass is 19.2. The van der Waals surface area contributed by atoms with Crippen molar-refractivity contribution in [1.29, 1.82) is 0 Å². The third kappa shape index (κ3) is 1.34. The molecule has 1 aliphatic carbocycles. The highest BCUT2D eigenvalue weighted by Gasteiger charge is 2.29. The predicted molar refractivity (Wildman–Crippen MR) is 43.3 cm³/mol. The second-order valence-electron chi connectivity index (χ2n) is 3.23. The van der Waals surface area contributed by atoms with Gasteiger partial charge < -0.3 is 0 Å². The van der Waals surface area contributed by atoms with E-state index in [4.69, 9.17) is 0 Å². The van der Waals surface area contributed by atoms with Gasteiger partial charge in [0, 0.05) is 12.3 Å². The number of halogens is 2. The van der Waals surface area contributed by atoms with Crippen LogP contribution in [0.4, 0.5) is 8.78 Å². The molecule has 1 aromatic rings. The van der Waals surface area contributed by atoms with Crippen molar-refractivity contribution in [2.45, 2.75) is 18.8 Å². The predicted octanol–water partition coefficient (Wildman–Crippen LogP) is 2.41. The van der Waals surface area contributed by atoms with Crippen LogP contribution in [0.1, 0.15) is 24.3 Å². The molecule has 0 amide bonds. The second-order valence-corrected chi connectivity index (χ2v) is 3.23. The molecule has 1 aliphatic rings. The molecule has 1 atom stereocenters. The molecular formula is C10H8F2O. The number of carbonyl (C=O) groups is 1. The Balaban J connectivity index is 2.31. The molecule has 0 bridgehead atoms. The van der Waals surface area contributed by atoms with Gasteiger partial charge in [-0.2, -0.15) is 0 Å². The zero-order valence-electron chi connectivity index (χ0n) is 6.89. The molecule has 68 valence electrons. The summed E-state index contributed by atoms with van der Waals surface area (Å²) in [6.45, 7) is 0. The molecule has 0 aromatic heterocycles. The van der Waals surface area contributed by atoms with Crippen molar-refractivity contribution in [2.75, 3.05) is 0 Å². The van der Waals surface area contributed by atoms with E-state index < -0.39 is 11.6 Å². The Bertz CT molecular complexity index is 360. The van der Waals surface area contributed by atoms with Crippen LogP contribution in [0.25, 0.3) is 0 Å². The highest BCUT2D eigenvalue weighted by Crippen LogP contribution is 2.33. The Labute approximate surface area is 74.4 Å². The molecule has 1 fully saturated rings. The lowest BCUT2D eigenvalue weighted by molar-refractivity contribution is -0.125. The van der Waals surface area contributed by atoms with Crippen molar-refractivity contribution < 1.29 is 13.6 Å². The van der Waals surface area contributed by atoms with Crippen LogP contribution in [0.15, 0.2) is 18.2 Å². The largest absolute Gasteiger partial charge is 0.299 e. The van der Waals surface area contributed by atoms with E-state index >= 15 is 0 Å². The van der Waals surface area contributed by atoms with Gasteiger partial charge >= 0.3 is 0 Å². The summed E-state index contributed by atoms with van der Waals surface area (Å²) in [6, 6.07) is 3.65. The molecule has 1 aromatic carbocycles. The summed E-state index contributed by atoms with van der Waals surface area (Å²) in [5.41, 5.74) is 0.593. The van der Waals surface area contributed by atoms with E-state index in [1.54, 1.807) is 0 Å². The zero-order chi connectivity index (χ0) is 9.42. The topological polar surface area (TPSA) is 17.1 Å². The number of hydrogen-bond acceptors (Lipinski definition) is 1. The van der Waals surface area contributed by atoms with Crippen molar-refractivity contribution in [3.63, 3.8) is 0 Å². The molecule has 0 saturated heterocycles. The standard InChI is InChI=1S/C10H8F2O/c11-8-3-1-6(5-9(8)12)7-2-4-10(7)13/h1,3,5,7H,2,4H2/t7-/m0/s1. The van der Waals surface area contributed by atoms with Crippen LogP contribution < -0.4 is 0 Å². The average Bonchev–Trinajstić information content (AvgIpc) is 2.09. The fourth-order valence-electron chi connectivity index (χ4n) is 1.49. The van der Waals surface area contributed by atoms with Crippen LogP contribution in [0.3, 0.4) is 0 Å². The number of ketones is 1. The van der Waals surface area contributed by atoms with Gasteiger partial charge in [0.25, 0.3) is 0 Å². The summed E-state index contributed by atoms with van der Waals surface area (Å²) < 4.78 is 25.3. The fourth-order valence-corrected chi connectivity index (χ4v) is 1.49. The Morgan fingerprint density at radius 2 is 2.00 bits per heavy atom. The molecule has 3 heteroatoms. The van der Waals surface area contributed by atoms with Crippen molar-refractivity contribution >= 4 is 5.78 Å². The van der Waals surface area contributed by atoms with Gasteiger partial charge in [0.1, 0.15) is 5.78 Å². The summed E-state index contributed by atoms with van der Waals surface area (Å²) >= 11 is 0. The molecule has 0 radical (unpaired) electrons. The normalized spacial score (nSPS) is 21.4. The van der Waals surface area contributed by atoms with E-state index in [-0.39, 0.29) is 11.7 Å². The molecular weight excluding hydrogens is 174 g/mol. The zero-order valence-corrected chi connectivity index (χ0v) is 6.89. The summed E-state index contributed by atoms with van der Waals surface area (Å²) in [4.78, 5) is 11.0. The van der Waals surface area contributed by atoms with E-state index in [1.807, 2.05) is 0 Å². The van der Waals surface area contributed by atoms with Gasteiger partial charge in [0.05, 0.1) is 0 Å². The first-order valence-corrected chi connectivity index (χ1v) is 4.16. The third-order valence-electron chi connectivity index (χ3n) is 2.41. The molecule has 0 aliphatic heterocycles. The maximum atomic E-state index is 12.7. The molecule has 0 heterocycles. The Morgan fingerprint density at radius 3 is 2.46 bits per heavy atom. The number of hydrogen-bond donors (Lipinski definition) is 0. The van der Waals surface area contributed by atoms with Crippen molar-refractivity contribution in [2.24, 2.45) is 0 Å². The van der Waals surface area contributed by atoms with Gasteiger partial charge in [-0.1, -0.05) is 6.07 Å². The Hall–Kier alpha value is -1.25. The maximum Gasteiger partial charge on any atom is 0.159 e. The monoisotopic (exact) mass is 182 g/mol. The third-order valence-corrected chi connectivity index (χ3v) is 2.41.